The van der Waals surface area contributed by atoms with Crippen molar-refractivity contribution in [2.24, 2.45) is 0 Å². The molecule has 0 amide bonds. The molecule has 1 heterocycles. The van der Waals surface area contributed by atoms with Crippen LogP contribution in [0.3, 0.4) is 0 Å². The number of hydrogen-bond acceptors (Lipinski definition) is 4. The van der Waals surface area contributed by atoms with Gasteiger partial charge in [-0.3, -0.25) is 0 Å². The van der Waals surface area contributed by atoms with Gasteiger partial charge in [0.25, 0.3) is 0 Å². The summed E-state index contributed by atoms with van der Waals surface area (Å²) in [6.07, 6.45) is 6.96. The first kappa shape index (κ1) is 14.6. The maximum Gasteiger partial charge on any atom is 0.0771 e. The van der Waals surface area contributed by atoms with Gasteiger partial charge in [-0.2, -0.15) is 11.8 Å². The molecule has 2 fully saturated rings. The highest BCUT2D eigenvalue weighted by molar-refractivity contribution is 7.99. The molecule has 2 aliphatic rings. The molecule has 0 aromatic heterocycles. The van der Waals surface area contributed by atoms with Crippen molar-refractivity contribution in [3.05, 3.63) is 0 Å². The molecule has 0 aromatic carbocycles. The van der Waals surface area contributed by atoms with Crippen molar-refractivity contribution in [3.63, 3.8) is 0 Å². The second kappa shape index (κ2) is 7.73. The monoisotopic (exact) mass is 272 g/mol. The van der Waals surface area contributed by atoms with Crippen molar-refractivity contribution in [1.29, 1.82) is 0 Å². The van der Waals surface area contributed by atoms with Crippen LogP contribution in [0.5, 0.6) is 0 Å². The fourth-order valence-electron chi connectivity index (χ4n) is 2.95. The van der Waals surface area contributed by atoms with Gasteiger partial charge >= 0.3 is 0 Å². The fourth-order valence-corrected chi connectivity index (χ4v) is 3.93. The molecule has 0 radical (unpaired) electrons. The highest BCUT2D eigenvalue weighted by Crippen LogP contribution is 2.26. The Morgan fingerprint density at radius 1 is 1.06 bits per heavy atom. The predicted octanol–water partition coefficient (Wildman–Crippen LogP) is 1.71. The summed E-state index contributed by atoms with van der Waals surface area (Å²) >= 11 is 2.06. The molecule has 0 bridgehead atoms. The number of aliphatic hydroxyl groups is 1. The summed E-state index contributed by atoms with van der Waals surface area (Å²) < 4.78 is 0. The van der Waals surface area contributed by atoms with Crippen LogP contribution < -0.4 is 5.32 Å². The largest absolute Gasteiger partial charge is 0.389 e. The molecule has 106 valence electrons. The van der Waals surface area contributed by atoms with Crippen LogP contribution in [0.2, 0.25) is 0 Å². The molecule has 2 N–H and O–H groups in total. The minimum atomic E-state index is -0.422. The van der Waals surface area contributed by atoms with Gasteiger partial charge in [-0.15, -0.1) is 0 Å². The Balaban J connectivity index is 1.58. The lowest BCUT2D eigenvalue weighted by Gasteiger charge is -2.29. The molecule has 0 unspecified atom stereocenters. The SMILES string of the molecule is OC1(CNCCN2CCSCC2)CCCCCC1. The standard InChI is InChI=1S/C14H28N2OS/c17-14(5-3-1-2-4-6-14)13-15-7-8-16-9-11-18-12-10-16/h15,17H,1-13H2. The molecule has 1 aliphatic carbocycles. The van der Waals surface area contributed by atoms with Crippen molar-refractivity contribution in [1.82, 2.24) is 10.2 Å². The number of nitrogens with zero attached hydrogens (tertiary/aromatic N) is 1. The summed E-state index contributed by atoms with van der Waals surface area (Å²) in [5, 5.41) is 14.0. The summed E-state index contributed by atoms with van der Waals surface area (Å²) in [6.45, 7) is 5.41. The van der Waals surface area contributed by atoms with Gasteiger partial charge in [0.05, 0.1) is 5.60 Å². The van der Waals surface area contributed by atoms with E-state index in [1.165, 1.54) is 50.3 Å². The van der Waals surface area contributed by atoms with Crippen molar-refractivity contribution >= 4 is 11.8 Å². The Bertz CT molecular complexity index is 224. The maximum absolute atomic E-state index is 10.5. The van der Waals surface area contributed by atoms with Crippen LogP contribution in [0.15, 0.2) is 0 Å². The first-order valence-corrected chi connectivity index (χ1v) is 8.67. The predicted molar refractivity (Wildman–Crippen MR) is 79.3 cm³/mol. The quantitative estimate of drug-likeness (QED) is 0.590. The highest BCUT2D eigenvalue weighted by Gasteiger charge is 2.27. The minimum absolute atomic E-state index is 0.422. The van der Waals surface area contributed by atoms with Gasteiger partial charge in [-0.05, 0) is 12.8 Å². The van der Waals surface area contributed by atoms with E-state index in [1.54, 1.807) is 0 Å². The van der Waals surface area contributed by atoms with Crippen molar-refractivity contribution in [3.8, 4) is 0 Å². The summed E-state index contributed by atoms with van der Waals surface area (Å²) in [6, 6.07) is 0. The van der Waals surface area contributed by atoms with Crippen LogP contribution in [-0.4, -0.2) is 59.8 Å². The van der Waals surface area contributed by atoms with Gasteiger partial charge < -0.3 is 15.3 Å². The summed E-state index contributed by atoms with van der Waals surface area (Å²) in [7, 11) is 0. The molecule has 1 aliphatic heterocycles. The lowest BCUT2D eigenvalue weighted by molar-refractivity contribution is 0.0250. The van der Waals surface area contributed by atoms with E-state index in [4.69, 9.17) is 0 Å². The molecule has 3 nitrogen and oxygen atoms in total. The zero-order valence-electron chi connectivity index (χ0n) is 11.5. The van der Waals surface area contributed by atoms with Gasteiger partial charge in [0.1, 0.15) is 0 Å². The van der Waals surface area contributed by atoms with Gasteiger partial charge in [0.2, 0.25) is 0 Å². The van der Waals surface area contributed by atoms with Crippen LogP contribution in [0.25, 0.3) is 0 Å². The summed E-state index contributed by atoms with van der Waals surface area (Å²) in [5.74, 6) is 2.56. The maximum atomic E-state index is 10.5. The number of thioether (sulfide) groups is 1. The Kier molecular flexibility index (Phi) is 6.29. The first-order valence-electron chi connectivity index (χ1n) is 7.52. The van der Waals surface area contributed by atoms with E-state index in [-0.39, 0.29) is 0 Å². The van der Waals surface area contributed by atoms with Crippen molar-refractivity contribution in [2.45, 2.75) is 44.1 Å². The van der Waals surface area contributed by atoms with Crippen LogP contribution in [-0.2, 0) is 0 Å². The Labute approximate surface area is 116 Å². The second-order valence-electron chi connectivity index (χ2n) is 5.77. The molecular weight excluding hydrogens is 244 g/mol. The van der Waals surface area contributed by atoms with Crippen LogP contribution in [0.4, 0.5) is 0 Å². The third kappa shape index (κ3) is 5.08. The van der Waals surface area contributed by atoms with E-state index < -0.39 is 5.60 Å². The van der Waals surface area contributed by atoms with Gasteiger partial charge in [0.15, 0.2) is 0 Å². The van der Waals surface area contributed by atoms with Crippen LogP contribution >= 0.6 is 11.8 Å². The minimum Gasteiger partial charge on any atom is -0.389 e. The molecule has 0 atom stereocenters. The van der Waals surface area contributed by atoms with E-state index >= 15 is 0 Å². The smallest absolute Gasteiger partial charge is 0.0771 e. The molecule has 4 heteroatoms. The molecule has 2 rings (SSSR count). The Morgan fingerprint density at radius 3 is 2.39 bits per heavy atom. The van der Waals surface area contributed by atoms with Crippen molar-refractivity contribution in [2.75, 3.05) is 44.2 Å². The molecule has 0 spiro atoms. The number of nitrogens with one attached hydrogen (secondary N) is 1. The zero-order chi connectivity index (χ0) is 12.7. The topological polar surface area (TPSA) is 35.5 Å². The molecule has 1 saturated carbocycles. The second-order valence-corrected chi connectivity index (χ2v) is 6.99. The van der Waals surface area contributed by atoms with E-state index in [1.807, 2.05) is 0 Å². The van der Waals surface area contributed by atoms with E-state index in [0.717, 1.165) is 32.5 Å². The zero-order valence-corrected chi connectivity index (χ0v) is 12.3. The normalized spacial score (nSPS) is 25.8. The number of hydrogen-bond donors (Lipinski definition) is 2. The molecule has 18 heavy (non-hydrogen) atoms. The lowest BCUT2D eigenvalue weighted by atomic mass is 9.94. The average Bonchev–Trinajstić information content (AvgIpc) is 2.61. The summed E-state index contributed by atoms with van der Waals surface area (Å²) in [4.78, 5) is 2.53. The Hall–Kier alpha value is 0.230. The van der Waals surface area contributed by atoms with E-state index in [9.17, 15) is 5.11 Å². The van der Waals surface area contributed by atoms with Gasteiger partial charge in [-0.25, -0.2) is 0 Å². The van der Waals surface area contributed by atoms with E-state index in [2.05, 4.69) is 22.0 Å². The van der Waals surface area contributed by atoms with Crippen LogP contribution in [0.1, 0.15) is 38.5 Å². The number of rotatable bonds is 5. The Morgan fingerprint density at radius 2 is 1.72 bits per heavy atom. The lowest BCUT2D eigenvalue weighted by Crippen LogP contribution is -2.44. The molecule has 1 saturated heterocycles. The van der Waals surface area contributed by atoms with Gasteiger partial charge in [-0.1, -0.05) is 25.7 Å². The highest BCUT2D eigenvalue weighted by atomic mass is 32.2. The third-order valence-corrected chi connectivity index (χ3v) is 5.14. The molecular formula is C14H28N2OS. The van der Waals surface area contributed by atoms with Crippen molar-refractivity contribution < 1.29 is 5.11 Å². The molecule has 0 aromatic rings. The van der Waals surface area contributed by atoms with Crippen LogP contribution in [0, 0.1) is 0 Å². The van der Waals surface area contributed by atoms with Gasteiger partial charge in [0, 0.05) is 44.2 Å². The van der Waals surface area contributed by atoms with E-state index in [0.29, 0.717) is 0 Å². The first-order chi connectivity index (χ1) is 8.79. The fraction of sp³-hybridized carbons (Fsp3) is 1.00. The third-order valence-electron chi connectivity index (χ3n) is 4.20. The summed E-state index contributed by atoms with van der Waals surface area (Å²) in [5.41, 5.74) is -0.422. The average molecular weight is 272 g/mol.